The number of hydrogen-bond donors (Lipinski definition) is 0. The Balaban J connectivity index is 2.51. The summed E-state index contributed by atoms with van der Waals surface area (Å²) in [6.45, 7) is 17.2. The van der Waals surface area contributed by atoms with Crippen LogP contribution in [0.4, 0.5) is 0 Å². The lowest BCUT2D eigenvalue weighted by Gasteiger charge is -2.40. The van der Waals surface area contributed by atoms with E-state index >= 15 is 0 Å². The molecule has 2 rings (SSSR count). The third-order valence-corrected chi connectivity index (χ3v) is 6.53. The van der Waals surface area contributed by atoms with Gasteiger partial charge in [-0.25, -0.2) is 4.79 Å². The van der Waals surface area contributed by atoms with Crippen molar-refractivity contribution < 1.29 is 19.1 Å². The lowest BCUT2D eigenvalue weighted by atomic mass is 9.66. The van der Waals surface area contributed by atoms with Crippen molar-refractivity contribution in [1.82, 2.24) is 0 Å². The minimum atomic E-state index is -1.42. The van der Waals surface area contributed by atoms with Gasteiger partial charge in [0, 0.05) is 16.2 Å². The number of ether oxygens (including phenoxy) is 2. The molecule has 4 nitrogen and oxygen atoms in total. The van der Waals surface area contributed by atoms with Gasteiger partial charge in [-0.1, -0.05) is 40.5 Å². The summed E-state index contributed by atoms with van der Waals surface area (Å²) in [7, 11) is 0. The molecule has 2 fully saturated rings. The second kappa shape index (κ2) is 5.78. The first-order valence-electron chi connectivity index (χ1n) is 9.47. The lowest BCUT2D eigenvalue weighted by Crippen LogP contribution is -2.54. The van der Waals surface area contributed by atoms with Crippen molar-refractivity contribution in [2.45, 2.75) is 86.4 Å². The van der Waals surface area contributed by atoms with Crippen molar-refractivity contribution in [3.05, 3.63) is 0 Å². The second-order valence-electron chi connectivity index (χ2n) is 10.6. The number of terminal acetylenes is 1. The highest BCUT2D eigenvalue weighted by Gasteiger charge is 2.77. The molecule has 0 aromatic heterocycles. The molecule has 4 heteroatoms. The topological polar surface area (TPSA) is 52.6 Å². The Bertz CT molecular complexity index is 774. The molecular weight excluding hydrogens is 340 g/mol. The number of carbonyl (C=O) groups is 2. The SMILES string of the molecule is C#C[C@](C#CC(C)(C)C)(OC(=O)[C@@]12CC[C@@](C)(C(=O)O1)C2(C)C)C(C)(C)C. The van der Waals surface area contributed by atoms with E-state index < -0.39 is 33.4 Å². The van der Waals surface area contributed by atoms with Crippen LogP contribution in [0.15, 0.2) is 0 Å². The summed E-state index contributed by atoms with van der Waals surface area (Å²) in [5.74, 6) is 7.85. The zero-order chi connectivity index (χ0) is 21.1. The van der Waals surface area contributed by atoms with Crippen LogP contribution in [-0.4, -0.2) is 23.1 Å². The Morgan fingerprint density at radius 2 is 1.63 bits per heavy atom. The summed E-state index contributed by atoms with van der Waals surface area (Å²) in [5, 5.41) is 0. The van der Waals surface area contributed by atoms with E-state index in [0.29, 0.717) is 12.8 Å². The van der Waals surface area contributed by atoms with Crippen molar-refractivity contribution >= 4 is 11.9 Å². The van der Waals surface area contributed by atoms with Gasteiger partial charge in [0.2, 0.25) is 11.2 Å². The third kappa shape index (κ3) is 2.85. The van der Waals surface area contributed by atoms with E-state index in [1.807, 2.05) is 62.3 Å². The van der Waals surface area contributed by atoms with E-state index in [1.165, 1.54) is 0 Å². The predicted molar refractivity (Wildman–Crippen MR) is 104 cm³/mol. The molecule has 1 saturated heterocycles. The molecule has 1 aliphatic heterocycles. The van der Waals surface area contributed by atoms with Gasteiger partial charge < -0.3 is 9.47 Å². The number of carbonyl (C=O) groups excluding carboxylic acids is 2. The molecule has 0 aromatic rings. The summed E-state index contributed by atoms with van der Waals surface area (Å²) in [6, 6.07) is 0. The summed E-state index contributed by atoms with van der Waals surface area (Å²) in [4.78, 5) is 25.9. The Labute approximate surface area is 163 Å². The fraction of sp³-hybridized carbons (Fsp3) is 0.739. The molecule has 0 spiro atoms. The van der Waals surface area contributed by atoms with Gasteiger partial charge >= 0.3 is 11.9 Å². The predicted octanol–water partition coefficient (Wildman–Crippen LogP) is 4.12. The molecule has 0 amide bonds. The number of esters is 2. The molecule has 0 aromatic carbocycles. The maximum absolute atomic E-state index is 13.4. The van der Waals surface area contributed by atoms with Crippen LogP contribution in [0.2, 0.25) is 0 Å². The number of fused-ring (bicyclic) bond motifs is 2. The van der Waals surface area contributed by atoms with Crippen LogP contribution in [0.1, 0.15) is 75.2 Å². The van der Waals surface area contributed by atoms with Crippen LogP contribution >= 0.6 is 0 Å². The van der Waals surface area contributed by atoms with Gasteiger partial charge in [0.1, 0.15) is 0 Å². The van der Waals surface area contributed by atoms with Crippen molar-refractivity contribution in [3.63, 3.8) is 0 Å². The van der Waals surface area contributed by atoms with Gasteiger partial charge in [-0.05, 0) is 52.4 Å². The Kier molecular flexibility index (Phi) is 4.57. The first-order chi connectivity index (χ1) is 12.0. The Morgan fingerprint density at radius 3 is 1.96 bits per heavy atom. The van der Waals surface area contributed by atoms with E-state index in [9.17, 15) is 9.59 Å². The highest BCUT2D eigenvalue weighted by molar-refractivity contribution is 5.94. The van der Waals surface area contributed by atoms with Crippen LogP contribution in [0.3, 0.4) is 0 Å². The van der Waals surface area contributed by atoms with Gasteiger partial charge in [-0.3, -0.25) is 4.79 Å². The van der Waals surface area contributed by atoms with Gasteiger partial charge in [-0.15, -0.1) is 6.42 Å². The van der Waals surface area contributed by atoms with Crippen molar-refractivity contribution in [3.8, 4) is 24.2 Å². The standard InChI is InChI=1S/C23H32O4/c1-11-22(19(5,6)7,14-12-18(2,3)4)26-17(25)23-15-13-21(10,16(24)27-23)20(23,8)9/h1H,13,15H2,2-10H3/t21-,22+,23+/m0/s1. The maximum atomic E-state index is 13.4. The zero-order valence-electron chi connectivity index (χ0n) is 18.1. The zero-order valence-corrected chi connectivity index (χ0v) is 18.1. The lowest BCUT2D eigenvalue weighted by molar-refractivity contribution is -0.192. The molecule has 2 bridgehead atoms. The average molecular weight is 373 g/mol. The monoisotopic (exact) mass is 372 g/mol. The van der Waals surface area contributed by atoms with Crippen LogP contribution in [0, 0.1) is 45.8 Å². The quantitative estimate of drug-likeness (QED) is 0.540. The number of rotatable bonds is 2. The van der Waals surface area contributed by atoms with Crippen LogP contribution in [0.5, 0.6) is 0 Å². The molecule has 1 aliphatic carbocycles. The van der Waals surface area contributed by atoms with Gasteiger partial charge in [0.25, 0.3) is 0 Å². The summed E-state index contributed by atoms with van der Waals surface area (Å²) >= 11 is 0. The minimum Gasteiger partial charge on any atom is -0.446 e. The van der Waals surface area contributed by atoms with Gasteiger partial charge in [0.15, 0.2) is 0 Å². The minimum absolute atomic E-state index is 0.303. The fourth-order valence-corrected chi connectivity index (χ4v) is 3.85. The first kappa shape index (κ1) is 21.4. The molecule has 27 heavy (non-hydrogen) atoms. The Hall–Kier alpha value is -1.94. The molecular formula is C23H32O4. The van der Waals surface area contributed by atoms with Gasteiger partial charge in [-0.2, -0.15) is 0 Å². The maximum Gasteiger partial charge on any atom is 0.353 e. The molecule has 0 radical (unpaired) electrons. The molecule has 1 heterocycles. The second-order valence-corrected chi connectivity index (χ2v) is 10.6. The molecule has 1 saturated carbocycles. The van der Waals surface area contributed by atoms with E-state index in [1.54, 1.807) is 0 Å². The largest absolute Gasteiger partial charge is 0.446 e. The average Bonchev–Trinajstić information content (AvgIpc) is 2.79. The molecule has 0 unspecified atom stereocenters. The molecule has 2 aliphatic rings. The summed E-state index contributed by atoms with van der Waals surface area (Å²) in [6.07, 6.45) is 6.86. The molecule has 148 valence electrons. The van der Waals surface area contributed by atoms with E-state index in [2.05, 4.69) is 17.8 Å². The summed E-state index contributed by atoms with van der Waals surface area (Å²) < 4.78 is 11.6. The smallest absolute Gasteiger partial charge is 0.353 e. The van der Waals surface area contributed by atoms with Crippen LogP contribution < -0.4 is 0 Å². The highest BCUT2D eigenvalue weighted by atomic mass is 16.6. The van der Waals surface area contributed by atoms with Crippen LogP contribution in [-0.2, 0) is 19.1 Å². The van der Waals surface area contributed by atoms with Crippen molar-refractivity contribution in [2.24, 2.45) is 21.7 Å². The Morgan fingerprint density at radius 1 is 1.07 bits per heavy atom. The van der Waals surface area contributed by atoms with Crippen molar-refractivity contribution in [2.75, 3.05) is 0 Å². The normalized spacial score (nSPS) is 31.2. The van der Waals surface area contributed by atoms with E-state index in [4.69, 9.17) is 15.9 Å². The van der Waals surface area contributed by atoms with Crippen LogP contribution in [0.25, 0.3) is 0 Å². The highest BCUT2D eigenvalue weighted by Crippen LogP contribution is 2.66. The van der Waals surface area contributed by atoms with Gasteiger partial charge in [0.05, 0.1) is 5.41 Å². The molecule has 3 atom stereocenters. The third-order valence-electron chi connectivity index (χ3n) is 6.53. The van der Waals surface area contributed by atoms with E-state index in [-0.39, 0.29) is 11.4 Å². The van der Waals surface area contributed by atoms with Crippen molar-refractivity contribution in [1.29, 1.82) is 0 Å². The molecule has 0 N–H and O–H groups in total. The number of hydrogen-bond acceptors (Lipinski definition) is 4. The summed E-state index contributed by atoms with van der Waals surface area (Å²) in [5.41, 5.74) is -5.07. The first-order valence-corrected chi connectivity index (χ1v) is 9.47. The van der Waals surface area contributed by atoms with E-state index in [0.717, 1.165) is 0 Å². The fourth-order valence-electron chi connectivity index (χ4n) is 3.85.